The minimum atomic E-state index is 0. The van der Waals surface area contributed by atoms with Crippen molar-refractivity contribution in [3.8, 4) is 0 Å². The van der Waals surface area contributed by atoms with E-state index in [0.29, 0.717) is 0 Å². The Morgan fingerprint density at radius 1 is 0.202 bits per heavy atom. The van der Waals surface area contributed by atoms with Crippen LogP contribution in [-0.4, -0.2) is 107 Å². The summed E-state index contributed by atoms with van der Waals surface area (Å²) in [5.41, 5.74) is 0. The van der Waals surface area contributed by atoms with Crippen LogP contribution in [0, 0.1) is 173 Å². The van der Waals surface area contributed by atoms with E-state index in [0.717, 1.165) is 25.6 Å². The quantitative estimate of drug-likeness (QED) is 0.118. The van der Waals surface area contributed by atoms with Gasteiger partial charge in [-0.05, 0) is 0 Å². The van der Waals surface area contributed by atoms with Gasteiger partial charge >= 0.3 is 294 Å². The second-order valence-electron chi connectivity index (χ2n) is 4.38. The molecule has 0 bridgehead atoms. The Bertz CT molecular complexity index is 982. The molecule has 0 aliphatic carbocycles. The molecule has 0 spiro atoms. The number of carbonyl (C=O) groups excluding carboxylic acids is 4. The van der Waals surface area contributed by atoms with Gasteiger partial charge in [-0.3, -0.25) is 19.2 Å². The van der Waals surface area contributed by atoms with Crippen molar-refractivity contribution in [1.82, 2.24) is 19.6 Å². The number of alkyl halides is 2. The monoisotopic (exact) mass is 1610 g/mol. The average Bonchev–Trinajstić information content (AvgIpc) is 3.58. The van der Waals surface area contributed by atoms with E-state index in [1.54, 1.807) is 56.4 Å². The second-order valence-corrected chi connectivity index (χ2v) is 5.19. The molecule has 0 unspecified atom stereocenters. The number of amides is 4. The van der Waals surface area contributed by atoms with E-state index in [1.807, 2.05) is 0 Å². The maximum absolute atomic E-state index is 9.43. The summed E-state index contributed by atoms with van der Waals surface area (Å²) in [6, 6.07) is 0. The van der Waals surface area contributed by atoms with Crippen molar-refractivity contribution in [2.75, 3.05) is 61.7 Å². The van der Waals surface area contributed by atoms with Gasteiger partial charge in [0.1, 0.15) is 0 Å². The van der Waals surface area contributed by atoms with Gasteiger partial charge in [-0.15, -0.1) is 23.2 Å². The van der Waals surface area contributed by atoms with Gasteiger partial charge in [0, 0.05) is 210 Å². The fourth-order valence-electron chi connectivity index (χ4n) is 0. The first-order chi connectivity index (χ1) is 36.5. The van der Waals surface area contributed by atoms with Crippen LogP contribution < -0.4 is 0 Å². The Morgan fingerprint density at radius 3 is 0.214 bits per heavy atom. The Labute approximate surface area is 594 Å². The zero-order chi connectivity index (χ0) is 71.8. The van der Waals surface area contributed by atoms with Crippen LogP contribution in [0.2, 0.25) is 0 Å². The molecular formula is C39H32Cl2Fe9N4O30-2. The maximum atomic E-state index is 9.43. The van der Waals surface area contributed by atoms with Crippen LogP contribution in [-0.2, 0) is 294 Å². The summed E-state index contributed by atoms with van der Waals surface area (Å²) in [5, 5.41) is 0.194. The number of rotatable bonds is 4. The largest absolute Gasteiger partial charge is 1.00 e. The smallest absolute Gasteiger partial charge is 0 e. The number of nitrogens with zero attached hydrogens (tertiary/aromatic N) is 4. The molecule has 0 rings (SSSR count). The molecule has 0 saturated carbocycles. The first-order valence-electron chi connectivity index (χ1n) is 11.4. The minimum Gasteiger partial charge on any atom is -1.00 e. The third kappa shape index (κ3) is 24500. The van der Waals surface area contributed by atoms with Gasteiger partial charge in [-0.2, -0.15) is 0 Å². The number of hydrogen-bond donors (Lipinski definition) is 0. The van der Waals surface area contributed by atoms with Gasteiger partial charge in [0.05, 0.1) is 5.34 Å². The second kappa shape index (κ2) is 2730. The van der Waals surface area contributed by atoms with Crippen molar-refractivity contribution in [2.45, 2.75) is 0 Å². The normalized spacial score (nSPS) is 2.45. The van der Waals surface area contributed by atoms with Gasteiger partial charge in [-0.25, -0.2) is 0 Å². The molecule has 0 N–H and O–H groups in total. The van der Waals surface area contributed by atoms with Crippen LogP contribution in [0.1, 0.15) is 2.85 Å². The number of hydrogen-bond acceptors (Lipinski definition) is 4. The van der Waals surface area contributed by atoms with Crippen molar-refractivity contribution in [3.05, 3.63) is 173 Å². The third-order valence-electron chi connectivity index (χ3n) is 0.843. The van der Waals surface area contributed by atoms with Crippen molar-refractivity contribution < 1.29 is 297 Å². The molecule has 0 aromatic heterocycles. The molecule has 0 aliphatic heterocycles. The Hall–Kier alpha value is -3.62. The van der Waals surface area contributed by atoms with Gasteiger partial charge in [-0.1, -0.05) is 0 Å². The molecule has 0 atom stereocenters. The Kier molecular flexibility index (Phi) is 10100. The van der Waals surface area contributed by atoms with Crippen LogP contribution in [0.25, 0.3) is 0 Å². The summed E-state index contributed by atoms with van der Waals surface area (Å²) in [7, 11) is 13.5. The van der Waals surface area contributed by atoms with E-state index in [2.05, 4.69) is 173 Å². The summed E-state index contributed by atoms with van der Waals surface area (Å²) < 4.78 is 195. The molecule has 4 amide bonds. The summed E-state index contributed by atoms with van der Waals surface area (Å²) >= 11 is 9.53. The molecule has 0 aromatic rings. The van der Waals surface area contributed by atoms with Gasteiger partial charge in [0.25, 0.3) is 0 Å². The SMILES string of the molecule is CN(C)C=O.CN(C)C=O.CN(C)C=O.CN(C)C=O.ClCCl.[C-]#[O+].[C-]#[O+].[C-]#[O+].[C-]#[O+].[C-]#[O+].[C-]#[O+].[C-]#[O+].[C-]#[O+].[C-]#[O+].[C-]#[O+].[C-]#[O+].[C-]#[O+].[C-]#[O+].[C-]#[O+].[C-]#[O+].[C-]#[O+].[C-]#[O+].[C-]#[O+].[C-]#[O+].[C-]#[O+].[C-]#[O+].[C-]#[O+].[C-]#[O+].[C-]#[O+].[C-]#[O+].[C-]#[O+].[Fe].[Fe].[Fe].[Fe].[Fe].[Fe].[Fe].[Fe].[Fe].[H-].[H-]. The summed E-state index contributed by atoms with van der Waals surface area (Å²) in [4.78, 5) is 43.5. The van der Waals surface area contributed by atoms with Crippen LogP contribution in [0.5, 0.6) is 0 Å². The van der Waals surface area contributed by atoms with E-state index in [4.69, 9.17) is 144 Å². The van der Waals surface area contributed by atoms with Gasteiger partial charge in [0.15, 0.2) is 0 Å². The van der Waals surface area contributed by atoms with Gasteiger partial charge < -0.3 is 22.5 Å². The third-order valence-corrected chi connectivity index (χ3v) is 0.843. The summed E-state index contributed by atoms with van der Waals surface area (Å²) in [5.74, 6) is 0. The summed E-state index contributed by atoms with van der Waals surface area (Å²) in [6.45, 7) is 117. The van der Waals surface area contributed by atoms with Gasteiger partial charge in [0.2, 0.25) is 25.6 Å². The van der Waals surface area contributed by atoms with Crippen LogP contribution >= 0.6 is 23.2 Å². The molecule has 0 heterocycles. The van der Waals surface area contributed by atoms with Crippen molar-refractivity contribution in [2.24, 2.45) is 0 Å². The molecule has 0 aliphatic rings. The molecule has 0 radical (unpaired) electrons. The Balaban J connectivity index is -0.00000000584. The zero-order valence-electron chi connectivity index (χ0n) is 44.0. The van der Waals surface area contributed by atoms with Crippen LogP contribution in [0.4, 0.5) is 0 Å². The molecule has 476 valence electrons. The average molecular weight is 1610 g/mol. The maximum Gasteiger partial charge on any atom is 0 e. The molecule has 45 heteroatoms. The molecule has 34 nitrogen and oxygen atoms in total. The standard InChI is InChI=1S/4C3H7NO.CH2Cl2.26CO.9Fe.2H/c4*1-4(2)3-5;2-1-3;26*1-2;;;;;;;;;;;/h4*3H,1-2H3;1H2;;;;;;;;;;;;;;;;;;;;;;;;;;;;;;;;;;;;;/q;;;;;;;;;;;;;;;;;;;;;;;;;;;;;;;;;;;;;;;;2*-1. The van der Waals surface area contributed by atoms with Crippen LogP contribution in [0.15, 0.2) is 0 Å². The molecule has 84 heavy (non-hydrogen) atoms. The summed E-state index contributed by atoms with van der Waals surface area (Å²) in [6.07, 6.45) is 3.00. The zero-order valence-corrected chi connectivity index (χ0v) is 53.4. The molecule has 0 fully saturated rings. The van der Waals surface area contributed by atoms with E-state index in [1.165, 1.54) is 19.6 Å². The predicted molar refractivity (Wildman–Crippen MR) is 200 cm³/mol. The van der Waals surface area contributed by atoms with Crippen LogP contribution in [0.3, 0.4) is 0 Å². The van der Waals surface area contributed by atoms with Crippen molar-refractivity contribution in [1.29, 1.82) is 0 Å². The number of carbonyl (C=O) groups is 4. The van der Waals surface area contributed by atoms with Crippen molar-refractivity contribution in [3.63, 3.8) is 0 Å². The van der Waals surface area contributed by atoms with E-state index >= 15 is 0 Å². The molecule has 0 saturated heterocycles. The molecule has 0 aromatic carbocycles. The fraction of sp³-hybridized carbons (Fsp3) is 0.231. The fourth-order valence-corrected chi connectivity index (χ4v) is 0. The van der Waals surface area contributed by atoms with E-state index in [9.17, 15) is 19.2 Å². The first kappa shape index (κ1) is 311. The molecular weight excluding hydrogens is 1580 g/mol. The number of halogens is 2. The minimum absolute atomic E-state index is 0. The Morgan fingerprint density at radius 2 is 0.214 bits per heavy atom. The van der Waals surface area contributed by atoms with E-state index in [-0.39, 0.29) is 162 Å². The first-order valence-corrected chi connectivity index (χ1v) is 12.5. The topological polar surface area (TPSA) is 599 Å². The van der Waals surface area contributed by atoms with Crippen molar-refractivity contribution >= 4 is 48.8 Å². The van der Waals surface area contributed by atoms with E-state index < -0.39 is 0 Å². The predicted octanol–water partition coefficient (Wildman–Crippen LogP) is -0.534.